The van der Waals surface area contributed by atoms with Crippen LogP contribution in [0.4, 0.5) is 0 Å². The van der Waals surface area contributed by atoms with Crippen molar-refractivity contribution in [3.63, 3.8) is 0 Å². The minimum absolute atomic E-state index is 0.0420. The number of hydrogen-bond donors (Lipinski definition) is 1. The van der Waals surface area contributed by atoms with Crippen molar-refractivity contribution in [2.24, 2.45) is 0 Å². The Labute approximate surface area is 81.6 Å². The van der Waals surface area contributed by atoms with Crippen LogP contribution in [0.5, 0.6) is 5.75 Å². The highest BCUT2D eigenvalue weighted by atomic mass is 16.5. The second kappa shape index (κ2) is 3.54. The van der Waals surface area contributed by atoms with Crippen molar-refractivity contribution in [1.29, 1.82) is 0 Å². The first-order chi connectivity index (χ1) is 6.75. The van der Waals surface area contributed by atoms with Crippen LogP contribution in [-0.2, 0) is 11.2 Å². The van der Waals surface area contributed by atoms with Crippen molar-refractivity contribution in [2.75, 3.05) is 6.61 Å². The van der Waals surface area contributed by atoms with Crippen molar-refractivity contribution in [3.8, 4) is 5.75 Å². The Kier molecular flexibility index (Phi) is 2.23. The summed E-state index contributed by atoms with van der Waals surface area (Å²) in [6.45, 7) is 0.559. The first-order valence-corrected chi connectivity index (χ1v) is 4.40. The van der Waals surface area contributed by atoms with Crippen LogP contribution < -0.4 is 4.74 Å². The largest absolute Gasteiger partial charge is 0.489 e. The van der Waals surface area contributed by atoms with E-state index in [0.29, 0.717) is 6.61 Å². The number of hydrogen-bond acceptors (Lipinski definition) is 2. The summed E-state index contributed by atoms with van der Waals surface area (Å²) in [6, 6.07) is 5.47. The van der Waals surface area contributed by atoms with Crippen LogP contribution in [0.3, 0.4) is 0 Å². The Hall–Kier alpha value is -1.77. The first-order valence-electron chi connectivity index (χ1n) is 4.40. The van der Waals surface area contributed by atoms with E-state index in [9.17, 15) is 4.79 Å². The van der Waals surface area contributed by atoms with Crippen molar-refractivity contribution in [1.82, 2.24) is 0 Å². The summed E-state index contributed by atoms with van der Waals surface area (Å²) in [6.07, 6.45) is 3.95. The van der Waals surface area contributed by atoms with Gasteiger partial charge in [0, 0.05) is 5.56 Å². The smallest absolute Gasteiger partial charge is 0.307 e. The van der Waals surface area contributed by atoms with E-state index in [1.807, 2.05) is 24.3 Å². The molecule has 0 spiro atoms. The summed E-state index contributed by atoms with van der Waals surface area (Å²) in [7, 11) is 0. The minimum Gasteiger partial charge on any atom is -0.489 e. The third-order valence-electron chi connectivity index (χ3n) is 2.07. The molecule has 0 saturated heterocycles. The van der Waals surface area contributed by atoms with Gasteiger partial charge in [0.2, 0.25) is 0 Å². The zero-order chi connectivity index (χ0) is 9.97. The van der Waals surface area contributed by atoms with E-state index >= 15 is 0 Å². The highest BCUT2D eigenvalue weighted by molar-refractivity contribution is 5.71. The molecule has 1 aromatic rings. The highest BCUT2D eigenvalue weighted by Gasteiger charge is 2.07. The molecule has 0 fully saturated rings. The molecule has 0 unspecified atom stereocenters. The lowest BCUT2D eigenvalue weighted by molar-refractivity contribution is -0.136. The molecule has 3 heteroatoms. The standard InChI is InChI=1S/C11H10O3/c12-11(13)7-8-3-4-9-2-1-5-14-10(9)6-8/h1-4,6H,5,7H2,(H,12,13). The van der Waals surface area contributed by atoms with E-state index in [1.165, 1.54) is 0 Å². The van der Waals surface area contributed by atoms with E-state index in [4.69, 9.17) is 9.84 Å². The van der Waals surface area contributed by atoms with Crippen LogP contribution in [0.2, 0.25) is 0 Å². The van der Waals surface area contributed by atoms with Gasteiger partial charge in [-0.2, -0.15) is 0 Å². The molecule has 0 atom stereocenters. The Morgan fingerprint density at radius 3 is 3.14 bits per heavy atom. The molecule has 1 aliphatic rings. The number of aliphatic carboxylic acids is 1. The summed E-state index contributed by atoms with van der Waals surface area (Å²) in [5, 5.41) is 8.62. The molecule has 72 valence electrons. The fourth-order valence-corrected chi connectivity index (χ4v) is 1.44. The molecule has 1 aromatic carbocycles. The third kappa shape index (κ3) is 1.76. The molecule has 1 heterocycles. The van der Waals surface area contributed by atoms with E-state index in [-0.39, 0.29) is 6.42 Å². The zero-order valence-corrected chi connectivity index (χ0v) is 7.56. The zero-order valence-electron chi connectivity index (χ0n) is 7.56. The van der Waals surface area contributed by atoms with Gasteiger partial charge in [-0.3, -0.25) is 4.79 Å². The lowest BCUT2D eigenvalue weighted by Gasteiger charge is -2.12. The average molecular weight is 190 g/mol. The Bertz CT molecular complexity index is 394. The van der Waals surface area contributed by atoms with E-state index in [2.05, 4.69) is 0 Å². The van der Waals surface area contributed by atoms with Gasteiger partial charge < -0.3 is 9.84 Å². The van der Waals surface area contributed by atoms with Crippen LogP contribution >= 0.6 is 0 Å². The summed E-state index contributed by atoms with van der Waals surface area (Å²) < 4.78 is 5.37. The summed E-state index contributed by atoms with van der Waals surface area (Å²) in [5.41, 5.74) is 1.77. The fourth-order valence-electron chi connectivity index (χ4n) is 1.44. The fraction of sp³-hybridized carbons (Fsp3) is 0.182. The van der Waals surface area contributed by atoms with Gasteiger partial charge in [0.25, 0.3) is 0 Å². The van der Waals surface area contributed by atoms with Crippen LogP contribution in [0.1, 0.15) is 11.1 Å². The van der Waals surface area contributed by atoms with Gasteiger partial charge >= 0.3 is 5.97 Å². The molecular weight excluding hydrogens is 180 g/mol. The number of ether oxygens (including phenoxy) is 1. The summed E-state index contributed by atoms with van der Waals surface area (Å²) in [5.74, 6) is -0.0532. The van der Waals surface area contributed by atoms with Gasteiger partial charge in [0.05, 0.1) is 6.42 Å². The maximum absolute atomic E-state index is 10.5. The molecule has 14 heavy (non-hydrogen) atoms. The molecule has 1 N–H and O–H groups in total. The Balaban J connectivity index is 2.30. The molecule has 2 rings (SSSR count). The lowest BCUT2D eigenvalue weighted by atomic mass is 10.1. The molecule has 0 amide bonds. The van der Waals surface area contributed by atoms with Crippen molar-refractivity contribution in [2.45, 2.75) is 6.42 Å². The normalized spacial score (nSPS) is 13.1. The number of carboxylic acid groups (broad SMARTS) is 1. The first kappa shape index (κ1) is 8.81. The van der Waals surface area contributed by atoms with E-state index < -0.39 is 5.97 Å². The van der Waals surface area contributed by atoms with Crippen molar-refractivity contribution in [3.05, 3.63) is 35.4 Å². The predicted octanol–water partition coefficient (Wildman–Crippen LogP) is 1.72. The van der Waals surface area contributed by atoms with Crippen LogP contribution in [-0.4, -0.2) is 17.7 Å². The van der Waals surface area contributed by atoms with Gasteiger partial charge in [-0.25, -0.2) is 0 Å². The summed E-state index contributed by atoms with van der Waals surface area (Å²) in [4.78, 5) is 10.5. The van der Waals surface area contributed by atoms with Gasteiger partial charge in [0.1, 0.15) is 12.4 Å². The van der Waals surface area contributed by atoms with Gasteiger partial charge in [-0.15, -0.1) is 0 Å². The topological polar surface area (TPSA) is 46.5 Å². The number of benzene rings is 1. The average Bonchev–Trinajstić information content (AvgIpc) is 2.17. The Morgan fingerprint density at radius 2 is 2.36 bits per heavy atom. The molecule has 0 aliphatic carbocycles. The maximum atomic E-state index is 10.5. The van der Waals surface area contributed by atoms with Crippen LogP contribution in [0.25, 0.3) is 6.08 Å². The maximum Gasteiger partial charge on any atom is 0.307 e. The van der Waals surface area contributed by atoms with Crippen LogP contribution in [0.15, 0.2) is 24.3 Å². The van der Waals surface area contributed by atoms with Gasteiger partial charge in [-0.1, -0.05) is 18.2 Å². The summed E-state index contributed by atoms with van der Waals surface area (Å²) >= 11 is 0. The number of rotatable bonds is 2. The molecule has 3 nitrogen and oxygen atoms in total. The van der Waals surface area contributed by atoms with Gasteiger partial charge in [-0.05, 0) is 17.7 Å². The van der Waals surface area contributed by atoms with E-state index in [1.54, 1.807) is 6.07 Å². The predicted molar refractivity (Wildman–Crippen MR) is 52.3 cm³/mol. The SMILES string of the molecule is O=C(O)Cc1ccc2c(c1)OCC=C2. The number of fused-ring (bicyclic) bond motifs is 1. The highest BCUT2D eigenvalue weighted by Crippen LogP contribution is 2.24. The Morgan fingerprint density at radius 1 is 1.50 bits per heavy atom. The lowest BCUT2D eigenvalue weighted by Crippen LogP contribution is -2.03. The molecular formula is C11H10O3. The third-order valence-corrected chi connectivity index (χ3v) is 2.07. The van der Waals surface area contributed by atoms with E-state index in [0.717, 1.165) is 16.9 Å². The molecule has 0 saturated carbocycles. The molecule has 0 radical (unpaired) electrons. The van der Waals surface area contributed by atoms with Crippen molar-refractivity contribution < 1.29 is 14.6 Å². The molecule has 1 aliphatic heterocycles. The molecule has 0 bridgehead atoms. The second-order valence-electron chi connectivity index (χ2n) is 3.16. The monoisotopic (exact) mass is 190 g/mol. The quantitative estimate of drug-likeness (QED) is 0.772. The minimum atomic E-state index is -0.823. The van der Waals surface area contributed by atoms with Gasteiger partial charge in [0.15, 0.2) is 0 Å². The van der Waals surface area contributed by atoms with Crippen molar-refractivity contribution >= 4 is 12.0 Å². The molecule has 0 aromatic heterocycles. The second-order valence-corrected chi connectivity index (χ2v) is 3.16. The number of carbonyl (C=O) groups is 1. The number of carboxylic acids is 1. The van der Waals surface area contributed by atoms with Crippen LogP contribution in [0, 0.1) is 0 Å².